The molecule has 2 aromatic heterocycles. The lowest BCUT2D eigenvalue weighted by Crippen LogP contribution is -2.46. The molecule has 0 atom stereocenters. The number of anilines is 2. The third-order valence-electron chi connectivity index (χ3n) is 3.14. The molecule has 1 aliphatic heterocycles. The molecule has 1 aliphatic rings. The Kier molecular flexibility index (Phi) is 4.21. The highest BCUT2D eigenvalue weighted by Crippen LogP contribution is 2.32. The van der Waals surface area contributed by atoms with Crippen molar-refractivity contribution >= 4 is 57.1 Å². The van der Waals surface area contributed by atoms with Crippen molar-refractivity contribution in [1.82, 2.24) is 9.97 Å². The van der Waals surface area contributed by atoms with Crippen molar-refractivity contribution in [1.29, 1.82) is 0 Å². The van der Waals surface area contributed by atoms with Gasteiger partial charge in [0.05, 0.1) is 10.0 Å². The summed E-state index contributed by atoms with van der Waals surface area (Å²) in [5, 5.41) is 4.23. The van der Waals surface area contributed by atoms with E-state index in [1.807, 2.05) is 11.6 Å². The standard InChI is InChI=1S/C12H11Cl3N4S/c13-8-7-9(14)11(17-10(8)15)18-2-4-19(5-3-18)12-16-1-6-20-12/h1,6-7H,2-5H2. The van der Waals surface area contributed by atoms with Gasteiger partial charge in [0.15, 0.2) is 5.13 Å². The molecule has 20 heavy (non-hydrogen) atoms. The van der Waals surface area contributed by atoms with Gasteiger partial charge in [-0.1, -0.05) is 34.8 Å². The largest absolute Gasteiger partial charge is 0.352 e. The van der Waals surface area contributed by atoms with Crippen molar-refractivity contribution in [2.45, 2.75) is 0 Å². The van der Waals surface area contributed by atoms with Gasteiger partial charge in [-0.25, -0.2) is 9.97 Å². The Balaban J connectivity index is 1.74. The molecule has 1 saturated heterocycles. The van der Waals surface area contributed by atoms with Crippen LogP contribution in [-0.4, -0.2) is 36.1 Å². The van der Waals surface area contributed by atoms with Crippen LogP contribution in [0.4, 0.5) is 10.9 Å². The van der Waals surface area contributed by atoms with Crippen molar-refractivity contribution in [3.05, 3.63) is 32.8 Å². The van der Waals surface area contributed by atoms with Crippen LogP contribution >= 0.6 is 46.1 Å². The number of nitrogens with zero attached hydrogens (tertiary/aromatic N) is 4. The number of halogens is 3. The molecule has 0 aromatic carbocycles. The summed E-state index contributed by atoms with van der Waals surface area (Å²) in [5.41, 5.74) is 0. The Morgan fingerprint density at radius 2 is 1.70 bits per heavy atom. The Bertz CT molecular complexity index is 597. The van der Waals surface area contributed by atoms with Gasteiger partial charge in [0.2, 0.25) is 0 Å². The second-order valence-corrected chi connectivity index (χ2v) is 6.40. The topological polar surface area (TPSA) is 32.3 Å². The normalized spacial score (nSPS) is 15.8. The van der Waals surface area contributed by atoms with E-state index in [-0.39, 0.29) is 5.15 Å². The second kappa shape index (κ2) is 5.93. The maximum absolute atomic E-state index is 6.20. The summed E-state index contributed by atoms with van der Waals surface area (Å²) in [5.74, 6) is 0.694. The van der Waals surface area contributed by atoms with Crippen LogP contribution in [0.15, 0.2) is 17.6 Å². The van der Waals surface area contributed by atoms with E-state index >= 15 is 0 Å². The lowest BCUT2D eigenvalue weighted by molar-refractivity contribution is 0.646. The van der Waals surface area contributed by atoms with Gasteiger partial charge < -0.3 is 9.80 Å². The lowest BCUT2D eigenvalue weighted by atomic mass is 10.3. The van der Waals surface area contributed by atoms with E-state index < -0.39 is 0 Å². The Morgan fingerprint density at radius 1 is 1.00 bits per heavy atom. The highest BCUT2D eigenvalue weighted by Gasteiger charge is 2.22. The van der Waals surface area contributed by atoms with Gasteiger partial charge >= 0.3 is 0 Å². The summed E-state index contributed by atoms with van der Waals surface area (Å²) in [6.07, 6.45) is 1.82. The minimum atomic E-state index is 0.286. The first kappa shape index (κ1) is 14.2. The zero-order valence-electron chi connectivity index (χ0n) is 10.4. The molecule has 106 valence electrons. The molecular formula is C12H11Cl3N4S. The van der Waals surface area contributed by atoms with E-state index in [1.165, 1.54) is 0 Å². The molecule has 0 bridgehead atoms. The third kappa shape index (κ3) is 2.81. The van der Waals surface area contributed by atoms with E-state index in [0.29, 0.717) is 15.9 Å². The fourth-order valence-corrected chi connectivity index (χ4v) is 3.45. The summed E-state index contributed by atoms with van der Waals surface area (Å²) in [7, 11) is 0. The van der Waals surface area contributed by atoms with Crippen molar-refractivity contribution in [2.75, 3.05) is 36.0 Å². The number of aromatic nitrogens is 2. The van der Waals surface area contributed by atoms with E-state index in [1.54, 1.807) is 17.4 Å². The quantitative estimate of drug-likeness (QED) is 0.771. The van der Waals surface area contributed by atoms with Gasteiger partial charge in [-0.05, 0) is 6.07 Å². The molecule has 0 spiro atoms. The van der Waals surface area contributed by atoms with Gasteiger partial charge in [-0.15, -0.1) is 11.3 Å². The monoisotopic (exact) mass is 348 g/mol. The minimum Gasteiger partial charge on any atom is -0.352 e. The number of hydrogen-bond acceptors (Lipinski definition) is 5. The van der Waals surface area contributed by atoms with Gasteiger partial charge in [-0.3, -0.25) is 0 Å². The molecule has 0 amide bonds. The van der Waals surface area contributed by atoms with Crippen LogP contribution in [-0.2, 0) is 0 Å². The van der Waals surface area contributed by atoms with Crippen LogP contribution in [0.5, 0.6) is 0 Å². The molecule has 0 aliphatic carbocycles. The third-order valence-corrected chi connectivity index (χ3v) is 4.92. The fraction of sp³-hybridized carbons (Fsp3) is 0.333. The van der Waals surface area contributed by atoms with E-state index in [0.717, 1.165) is 31.3 Å². The van der Waals surface area contributed by atoms with Crippen LogP contribution < -0.4 is 9.80 Å². The predicted molar refractivity (Wildman–Crippen MR) is 85.8 cm³/mol. The average molecular weight is 350 g/mol. The summed E-state index contributed by atoms with van der Waals surface area (Å²) in [6, 6.07) is 1.64. The SMILES string of the molecule is Clc1cc(Cl)c(N2CCN(c3nccs3)CC2)nc1Cl. The molecule has 3 rings (SSSR count). The number of pyridine rings is 1. The average Bonchev–Trinajstić information content (AvgIpc) is 2.97. The molecular weight excluding hydrogens is 339 g/mol. The van der Waals surface area contributed by atoms with Crippen molar-refractivity contribution in [2.24, 2.45) is 0 Å². The Labute approximate surface area is 135 Å². The Hall–Kier alpha value is -0.750. The molecule has 0 unspecified atom stereocenters. The van der Waals surface area contributed by atoms with Crippen LogP contribution in [0, 0.1) is 0 Å². The number of hydrogen-bond donors (Lipinski definition) is 0. The van der Waals surface area contributed by atoms with Crippen molar-refractivity contribution in [3.63, 3.8) is 0 Å². The van der Waals surface area contributed by atoms with Crippen LogP contribution in [0.1, 0.15) is 0 Å². The zero-order valence-corrected chi connectivity index (χ0v) is 13.5. The number of piperazine rings is 1. The van der Waals surface area contributed by atoms with Gasteiger partial charge in [0.25, 0.3) is 0 Å². The Morgan fingerprint density at radius 3 is 2.35 bits per heavy atom. The highest BCUT2D eigenvalue weighted by molar-refractivity contribution is 7.13. The van der Waals surface area contributed by atoms with Gasteiger partial charge in [-0.2, -0.15) is 0 Å². The molecule has 0 N–H and O–H groups in total. The zero-order chi connectivity index (χ0) is 14.1. The smallest absolute Gasteiger partial charge is 0.185 e. The maximum Gasteiger partial charge on any atom is 0.185 e. The van der Waals surface area contributed by atoms with Crippen molar-refractivity contribution in [3.8, 4) is 0 Å². The summed E-state index contributed by atoms with van der Waals surface area (Å²) >= 11 is 19.7. The predicted octanol–water partition coefficient (Wildman–Crippen LogP) is 3.82. The van der Waals surface area contributed by atoms with E-state index in [2.05, 4.69) is 19.8 Å². The molecule has 8 heteroatoms. The summed E-state index contributed by atoms with van der Waals surface area (Å²) in [4.78, 5) is 13.0. The second-order valence-electron chi connectivity index (χ2n) is 4.36. The van der Waals surface area contributed by atoms with Crippen LogP contribution in [0.3, 0.4) is 0 Å². The molecule has 0 saturated carbocycles. The highest BCUT2D eigenvalue weighted by atomic mass is 35.5. The van der Waals surface area contributed by atoms with E-state index in [9.17, 15) is 0 Å². The molecule has 3 heterocycles. The van der Waals surface area contributed by atoms with Crippen LogP contribution in [0.25, 0.3) is 0 Å². The molecule has 1 fully saturated rings. The molecule has 2 aromatic rings. The van der Waals surface area contributed by atoms with Crippen molar-refractivity contribution < 1.29 is 0 Å². The first-order valence-corrected chi connectivity index (χ1v) is 8.07. The van der Waals surface area contributed by atoms with Crippen LogP contribution in [0.2, 0.25) is 15.2 Å². The fourth-order valence-electron chi connectivity index (χ4n) is 2.14. The maximum atomic E-state index is 6.20. The first-order chi connectivity index (χ1) is 9.65. The number of rotatable bonds is 2. The summed E-state index contributed by atoms with van der Waals surface area (Å²) < 4.78 is 0. The molecule has 4 nitrogen and oxygen atoms in total. The van der Waals surface area contributed by atoms with Gasteiger partial charge in [0, 0.05) is 37.8 Å². The summed E-state index contributed by atoms with van der Waals surface area (Å²) in [6.45, 7) is 3.41. The molecule has 0 radical (unpaired) electrons. The lowest BCUT2D eigenvalue weighted by Gasteiger charge is -2.35. The first-order valence-electron chi connectivity index (χ1n) is 6.06. The minimum absolute atomic E-state index is 0.286. The number of thiazole rings is 1. The van der Waals surface area contributed by atoms with Gasteiger partial charge in [0.1, 0.15) is 11.0 Å². The van der Waals surface area contributed by atoms with E-state index in [4.69, 9.17) is 34.8 Å².